The van der Waals surface area contributed by atoms with E-state index in [0.717, 1.165) is 24.2 Å². The normalized spacial score (nSPS) is 11.3. The van der Waals surface area contributed by atoms with Gasteiger partial charge in [-0.15, -0.1) is 0 Å². The Hall–Kier alpha value is -3.06. The third-order valence-electron chi connectivity index (χ3n) is 4.30. The number of rotatable bonds is 9. The summed E-state index contributed by atoms with van der Waals surface area (Å²) in [7, 11) is 0. The molecule has 0 unspecified atom stereocenters. The van der Waals surface area contributed by atoms with Crippen LogP contribution in [0.3, 0.4) is 0 Å². The summed E-state index contributed by atoms with van der Waals surface area (Å²) in [6.07, 6.45) is 1.94. The summed E-state index contributed by atoms with van der Waals surface area (Å²) in [5.41, 5.74) is 4.55. The van der Waals surface area contributed by atoms with Crippen molar-refractivity contribution in [1.82, 2.24) is 0 Å². The number of benzene rings is 2. The van der Waals surface area contributed by atoms with Crippen molar-refractivity contribution in [2.24, 2.45) is 5.92 Å². The first-order valence-electron chi connectivity index (χ1n) is 8.87. The standard InChI is InChI=1S/C22H25N3O/c1-4-17-6-10-19(11-7-17)24-15-22(26)21(14-23)16(3)25-20-12-8-18(5-2)9-13-20/h6-13,21,24-25H,3-5,15H2,1-2H3/t21-/m1/s1. The van der Waals surface area contributed by atoms with Gasteiger partial charge in [-0.05, 0) is 48.2 Å². The lowest BCUT2D eigenvalue weighted by Gasteiger charge is -2.15. The van der Waals surface area contributed by atoms with Crippen LogP contribution in [0.25, 0.3) is 0 Å². The molecule has 134 valence electrons. The van der Waals surface area contributed by atoms with Crippen LogP contribution in [-0.2, 0) is 17.6 Å². The third kappa shape index (κ3) is 5.22. The van der Waals surface area contributed by atoms with Crippen LogP contribution in [0.5, 0.6) is 0 Å². The lowest BCUT2D eigenvalue weighted by Crippen LogP contribution is -2.25. The second-order valence-electron chi connectivity index (χ2n) is 6.13. The van der Waals surface area contributed by atoms with Crippen LogP contribution in [0.1, 0.15) is 25.0 Å². The fourth-order valence-electron chi connectivity index (χ4n) is 2.58. The molecule has 0 heterocycles. The highest BCUT2D eigenvalue weighted by molar-refractivity contribution is 5.90. The quantitative estimate of drug-likeness (QED) is 0.698. The molecule has 0 aliphatic carbocycles. The van der Waals surface area contributed by atoms with Gasteiger partial charge in [0, 0.05) is 17.1 Å². The predicted molar refractivity (Wildman–Crippen MR) is 107 cm³/mol. The number of anilines is 2. The Morgan fingerprint density at radius 2 is 1.50 bits per heavy atom. The van der Waals surface area contributed by atoms with Gasteiger partial charge in [0.25, 0.3) is 0 Å². The lowest BCUT2D eigenvalue weighted by atomic mass is 10.0. The number of aryl methyl sites for hydroxylation is 2. The molecule has 2 rings (SSSR count). The Bertz CT molecular complexity index is 786. The summed E-state index contributed by atoms with van der Waals surface area (Å²) in [5.74, 6) is -1.11. The van der Waals surface area contributed by atoms with Crippen LogP contribution < -0.4 is 10.6 Å². The van der Waals surface area contributed by atoms with Gasteiger partial charge in [-0.1, -0.05) is 44.7 Å². The lowest BCUT2D eigenvalue weighted by molar-refractivity contribution is -0.118. The van der Waals surface area contributed by atoms with Gasteiger partial charge in [0.2, 0.25) is 0 Å². The number of ketones is 1. The maximum Gasteiger partial charge on any atom is 0.174 e. The Kier molecular flexibility index (Phi) is 6.99. The summed E-state index contributed by atoms with van der Waals surface area (Å²) in [4.78, 5) is 12.4. The molecule has 1 atom stereocenters. The Morgan fingerprint density at radius 1 is 1.00 bits per heavy atom. The zero-order chi connectivity index (χ0) is 18.9. The van der Waals surface area contributed by atoms with Crippen molar-refractivity contribution in [1.29, 1.82) is 5.26 Å². The van der Waals surface area contributed by atoms with E-state index in [9.17, 15) is 10.1 Å². The Labute approximate surface area is 155 Å². The monoisotopic (exact) mass is 347 g/mol. The first-order chi connectivity index (χ1) is 12.6. The van der Waals surface area contributed by atoms with Gasteiger partial charge >= 0.3 is 0 Å². The van der Waals surface area contributed by atoms with Gasteiger partial charge in [0.15, 0.2) is 5.78 Å². The highest BCUT2D eigenvalue weighted by atomic mass is 16.1. The number of hydrogen-bond donors (Lipinski definition) is 2. The number of nitrogens with one attached hydrogen (secondary N) is 2. The molecule has 0 bridgehead atoms. The molecule has 2 aromatic carbocycles. The van der Waals surface area contributed by atoms with Crippen LogP contribution in [0.4, 0.5) is 11.4 Å². The number of allylic oxidation sites excluding steroid dienone is 1. The van der Waals surface area contributed by atoms with E-state index < -0.39 is 5.92 Å². The minimum absolute atomic E-state index is 0.0825. The van der Waals surface area contributed by atoms with E-state index in [1.54, 1.807) is 0 Å². The van der Waals surface area contributed by atoms with E-state index >= 15 is 0 Å². The van der Waals surface area contributed by atoms with Gasteiger partial charge in [-0.25, -0.2) is 0 Å². The minimum atomic E-state index is -0.900. The molecule has 0 saturated heterocycles. The molecule has 0 aliphatic rings. The second kappa shape index (κ2) is 9.43. The van der Waals surface area contributed by atoms with Gasteiger partial charge in [0.1, 0.15) is 5.92 Å². The van der Waals surface area contributed by atoms with Crippen molar-refractivity contribution < 1.29 is 4.79 Å². The van der Waals surface area contributed by atoms with E-state index in [1.165, 1.54) is 11.1 Å². The number of nitrogens with zero attached hydrogens (tertiary/aromatic N) is 1. The van der Waals surface area contributed by atoms with Crippen molar-refractivity contribution in [3.8, 4) is 6.07 Å². The highest BCUT2D eigenvalue weighted by Gasteiger charge is 2.21. The van der Waals surface area contributed by atoms with Gasteiger partial charge in [0.05, 0.1) is 12.6 Å². The summed E-state index contributed by atoms with van der Waals surface area (Å²) in [5, 5.41) is 15.5. The fraction of sp³-hybridized carbons (Fsp3) is 0.273. The van der Waals surface area contributed by atoms with E-state index in [-0.39, 0.29) is 12.3 Å². The van der Waals surface area contributed by atoms with E-state index in [0.29, 0.717) is 5.70 Å². The Morgan fingerprint density at radius 3 is 1.96 bits per heavy atom. The zero-order valence-electron chi connectivity index (χ0n) is 15.4. The van der Waals surface area contributed by atoms with Crippen molar-refractivity contribution in [2.45, 2.75) is 26.7 Å². The third-order valence-corrected chi connectivity index (χ3v) is 4.30. The second-order valence-corrected chi connectivity index (χ2v) is 6.13. The topological polar surface area (TPSA) is 64.9 Å². The average Bonchev–Trinajstić information content (AvgIpc) is 2.68. The molecule has 4 nitrogen and oxygen atoms in total. The van der Waals surface area contributed by atoms with Crippen LogP contribution >= 0.6 is 0 Å². The first-order valence-corrected chi connectivity index (χ1v) is 8.87. The summed E-state index contributed by atoms with van der Waals surface area (Å²) >= 11 is 0. The summed E-state index contributed by atoms with van der Waals surface area (Å²) in [6.45, 7) is 8.15. The summed E-state index contributed by atoms with van der Waals surface area (Å²) in [6, 6.07) is 17.9. The zero-order valence-corrected chi connectivity index (χ0v) is 15.4. The molecule has 26 heavy (non-hydrogen) atoms. The number of nitriles is 1. The predicted octanol–water partition coefficient (Wildman–Crippen LogP) is 4.56. The summed E-state index contributed by atoms with van der Waals surface area (Å²) < 4.78 is 0. The maximum absolute atomic E-state index is 12.4. The molecule has 2 aromatic rings. The minimum Gasteiger partial charge on any atom is -0.378 e. The number of carbonyl (C=O) groups is 1. The largest absolute Gasteiger partial charge is 0.378 e. The SMILES string of the molecule is C=C(Nc1ccc(CC)cc1)[C@@H](C#N)C(=O)CNc1ccc(CC)cc1. The molecule has 0 fully saturated rings. The van der Waals surface area contributed by atoms with E-state index in [4.69, 9.17) is 0 Å². The smallest absolute Gasteiger partial charge is 0.174 e. The van der Waals surface area contributed by atoms with Gasteiger partial charge in [-0.2, -0.15) is 5.26 Å². The van der Waals surface area contributed by atoms with E-state index in [1.807, 2.05) is 54.6 Å². The number of hydrogen-bond acceptors (Lipinski definition) is 4. The van der Waals surface area contributed by atoms with E-state index in [2.05, 4.69) is 31.1 Å². The van der Waals surface area contributed by atoms with Crippen molar-refractivity contribution in [2.75, 3.05) is 17.2 Å². The number of carbonyl (C=O) groups excluding carboxylic acids is 1. The van der Waals surface area contributed by atoms with Crippen molar-refractivity contribution in [3.05, 3.63) is 71.9 Å². The molecule has 2 N–H and O–H groups in total. The van der Waals surface area contributed by atoms with Crippen molar-refractivity contribution >= 4 is 17.2 Å². The molecule has 0 aromatic heterocycles. The van der Waals surface area contributed by atoms with Crippen molar-refractivity contribution in [3.63, 3.8) is 0 Å². The first kappa shape index (κ1) is 19.3. The molecule has 0 spiro atoms. The van der Waals surface area contributed by atoms with Crippen LogP contribution in [0, 0.1) is 17.2 Å². The molecule has 0 amide bonds. The molecule has 0 aliphatic heterocycles. The van der Waals surface area contributed by atoms with Crippen LogP contribution in [0.15, 0.2) is 60.8 Å². The molecule has 4 heteroatoms. The van der Waals surface area contributed by atoms with Crippen LogP contribution in [-0.4, -0.2) is 12.3 Å². The van der Waals surface area contributed by atoms with Gasteiger partial charge < -0.3 is 10.6 Å². The van der Waals surface area contributed by atoms with Gasteiger partial charge in [-0.3, -0.25) is 4.79 Å². The molecule has 0 saturated carbocycles. The Balaban J connectivity index is 1.93. The molecule has 0 radical (unpaired) electrons. The number of Topliss-reactive ketones (excluding diaryl/α,β-unsaturated/α-hetero) is 1. The molecular weight excluding hydrogens is 322 g/mol. The highest BCUT2D eigenvalue weighted by Crippen LogP contribution is 2.17. The van der Waals surface area contributed by atoms with Crippen LogP contribution in [0.2, 0.25) is 0 Å². The maximum atomic E-state index is 12.4. The molecular formula is C22H25N3O. The fourth-order valence-corrected chi connectivity index (χ4v) is 2.58. The average molecular weight is 347 g/mol.